The van der Waals surface area contributed by atoms with Crippen LogP contribution < -0.4 is 16.2 Å². The number of nitrogens with one attached hydrogen (secondary N) is 3. The first-order valence-corrected chi connectivity index (χ1v) is 11.5. The minimum absolute atomic E-state index is 0.0865. The molecule has 1 heterocycles. The van der Waals surface area contributed by atoms with E-state index < -0.39 is 10.8 Å². The van der Waals surface area contributed by atoms with Crippen LogP contribution in [-0.2, 0) is 9.59 Å². The molecule has 2 amide bonds. The van der Waals surface area contributed by atoms with Crippen LogP contribution in [0.5, 0.6) is 0 Å². The van der Waals surface area contributed by atoms with Gasteiger partial charge in [0, 0.05) is 12.5 Å². The summed E-state index contributed by atoms with van der Waals surface area (Å²) in [6, 6.07) is 10.6. The molecule has 0 aliphatic heterocycles. The van der Waals surface area contributed by atoms with Crippen LogP contribution in [0.15, 0.2) is 46.3 Å². The number of thioether (sulfide) groups is 1. The molecule has 0 aliphatic rings. The van der Waals surface area contributed by atoms with E-state index in [0.29, 0.717) is 28.4 Å². The molecule has 172 valence electrons. The highest BCUT2D eigenvalue weighted by Crippen LogP contribution is 2.30. The fourth-order valence-corrected chi connectivity index (χ4v) is 4.31. The molecule has 0 radical (unpaired) electrons. The monoisotopic (exact) mass is 485 g/mol. The van der Waals surface area contributed by atoms with E-state index in [1.54, 1.807) is 30.3 Å². The molecule has 33 heavy (non-hydrogen) atoms. The van der Waals surface area contributed by atoms with Crippen LogP contribution in [0.4, 0.5) is 11.4 Å². The number of aromatic amines is 1. The third-order valence-corrected chi connectivity index (χ3v) is 6.33. The van der Waals surface area contributed by atoms with Crippen molar-refractivity contribution in [3.8, 4) is 11.3 Å². The lowest BCUT2D eigenvalue weighted by Crippen LogP contribution is -2.26. The Morgan fingerprint density at radius 2 is 1.88 bits per heavy atom. The third kappa shape index (κ3) is 6.00. The first kappa shape index (κ1) is 24.5. The lowest BCUT2D eigenvalue weighted by Gasteiger charge is -2.15. The molecule has 1 aromatic heterocycles. The number of carbonyl (C=O) groups excluding carboxylic acids is 2. The van der Waals surface area contributed by atoms with Gasteiger partial charge in [-0.3, -0.25) is 19.4 Å². The number of carbonyl (C=O) groups is 2. The van der Waals surface area contributed by atoms with Gasteiger partial charge in [0.1, 0.15) is 0 Å². The van der Waals surface area contributed by atoms with Gasteiger partial charge in [0.25, 0.3) is 5.56 Å². The molecular formula is C23H24ClN5O3S. The number of amides is 2. The van der Waals surface area contributed by atoms with Crippen molar-refractivity contribution in [2.75, 3.05) is 10.6 Å². The molecule has 3 N–H and O–H groups in total. The largest absolute Gasteiger partial charge is 0.325 e. The molecule has 0 bridgehead atoms. The molecule has 0 saturated carbocycles. The van der Waals surface area contributed by atoms with Crippen LogP contribution in [0, 0.1) is 13.8 Å². The first-order chi connectivity index (χ1) is 15.7. The van der Waals surface area contributed by atoms with Crippen LogP contribution in [0.1, 0.15) is 31.4 Å². The van der Waals surface area contributed by atoms with Crippen LogP contribution in [0.2, 0.25) is 5.02 Å². The summed E-state index contributed by atoms with van der Waals surface area (Å²) in [5, 5.41) is 14.0. The van der Waals surface area contributed by atoms with Gasteiger partial charge < -0.3 is 10.6 Å². The second-order valence-electron chi connectivity index (χ2n) is 7.48. The van der Waals surface area contributed by atoms with E-state index in [-0.39, 0.29) is 22.7 Å². The Hall–Kier alpha value is -3.17. The van der Waals surface area contributed by atoms with Crippen molar-refractivity contribution in [2.24, 2.45) is 0 Å². The number of hydrogen-bond acceptors (Lipinski definition) is 6. The van der Waals surface area contributed by atoms with Crippen molar-refractivity contribution < 1.29 is 9.59 Å². The van der Waals surface area contributed by atoms with E-state index in [9.17, 15) is 14.4 Å². The number of nitrogens with zero attached hydrogens (tertiary/aromatic N) is 2. The van der Waals surface area contributed by atoms with Crippen molar-refractivity contribution >= 4 is 46.6 Å². The van der Waals surface area contributed by atoms with Gasteiger partial charge in [0.2, 0.25) is 11.8 Å². The molecule has 0 fully saturated rings. The maximum atomic E-state index is 12.9. The molecule has 1 atom stereocenters. The summed E-state index contributed by atoms with van der Waals surface area (Å²) in [5.41, 5.74) is 2.85. The molecule has 0 saturated heterocycles. The number of H-pyrrole nitrogens is 1. The minimum Gasteiger partial charge on any atom is -0.325 e. The molecule has 8 nitrogen and oxygen atoms in total. The lowest BCUT2D eigenvalue weighted by atomic mass is 10.0. The molecule has 0 unspecified atom stereocenters. The van der Waals surface area contributed by atoms with E-state index in [4.69, 9.17) is 11.6 Å². The normalized spacial score (nSPS) is 11.7. The fraction of sp³-hybridized carbons (Fsp3) is 0.261. The maximum Gasteiger partial charge on any atom is 0.278 e. The Kier molecular flexibility index (Phi) is 7.88. The zero-order chi connectivity index (χ0) is 24.1. The molecule has 3 aromatic rings. The van der Waals surface area contributed by atoms with E-state index in [2.05, 4.69) is 25.8 Å². The van der Waals surface area contributed by atoms with Crippen LogP contribution in [0.3, 0.4) is 0 Å². The number of aryl methyl sites for hydroxylation is 2. The van der Waals surface area contributed by atoms with Gasteiger partial charge >= 0.3 is 0 Å². The highest BCUT2D eigenvalue weighted by molar-refractivity contribution is 8.00. The highest BCUT2D eigenvalue weighted by atomic mass is 35.5. The third-order valence-electron chi connectivity index (χ3n) is 4.76. The summed E-state index contributed by atoms with van der Waals surface area (Å²) in [6.07, 6.45) is 0.496. The molecule has 3 rings (SSSR count). The average molecular weight is 486 g/mol. The number of aromatic nitrogens is 3. The predicted octanol–water partition coefficient (Wildman–Crippen LogP) is 4.57. The second kappa shape index (κ2) is 10.6. The second-order valence-corrected chi connectivity index (χ2v) is 9.08. The standard InChI is InChI=1S/C23H24ClN5O3S/c1-5-18(21(31)26-17-9-7-6-8-16(17)24)33-23-27-22(32)20(28-29-23)15-11-12(2)10-13(3)19(15)25-14(4)30/h6-11,18H,5H2,1-4H3,(H,25,30)(H,26,31)(H,27,29,32)/t18-/m1/s1. The van der Waals surface area contributed by atoms with E-state index in [1.165, 1.54) is 6.92 Å². The van der Waals surface area contributed by atoms with Crippen molar-refractivity contribution in [1.82, 2.24) is 15.2 Å². The van der Waals surface area contributed by atoms with Crippen LogP contribution >= 0.6 is 23.4 Å². The zero-order valence-corrected chi connectivity index (χ0v) is 20.2. The SMILES string of the molecule is CC[C@@H](Sc1nnc(-c2cc(C)cc(C)c2NC(C)=O)c(=O)[nH]1)C(=O)Nc1ccccc1Cl. The first-order valence-electron chi connectivity index (χ1n) is 10.3. The Balaban J connectivity index is 1.86. The molecule has 2 aromatic carbocycles. The van der Waals surface area contributed by atoms with Crippen LogP contribution in [0.25, 0.3) is 11.3 Å². The predicted molar refractivity (Wildman–Crippen MR) is 132 cm³/mol. The van der Waals surface area contributed by atoms with Gasteiger partial charge in [0.15, 0.2) is 10.9 Å². The summed E-state index contributed by atoms with van der Waals surface area (Å²) in [5.74, 6) is -0.514. The average Bonchev–Trinajstić information content (AvgIpc) is 2.75. The van der Waals surface area contributed by atoms with E-state index >= 15 is 0 Å². The number of halogens is 1. The fourth-order valence-electron chi connectivity index (χ4n) is 3.28. The van der Waals surface area contributed by atoms with Crippen LogP contribution in [-0.4, -0.2) is 32.2 Å². The van der Waals surface area contributed by atoms with Gasteiger partial charge in [-0.25, -0.2) is 0 Å². The summed E-state index contributed by atoms with van der Waals surface area (Å²) in [4.78, 5) is 40.0. The Morgan fingerprint density at radius 1 is 1.15 bits per heavy atom. The summed E-state index contributed by atoms with van der Waals surface area (Å²) in [6.45, 7) is 7.00. The molecular weight excluding hydrogens is 462 g/mol. The van der Waals surface area contributed by atoms with E-state index in [1.807, 2.05) is 26.8 Å². The molecule has 0 aliphatic carbocycles. The topological polar surface area (TPSA) is 117 Å². The summed E-state index contributed by atoms with van der Waals surface area (Å²) >= 11 is 7.23. The highest BCUT2D eigenvalue weighted by Gasteiger charge is 2.22. The van der Waals surface area contributed by atoms with Crippen molar-refractivity contribution in [3.63, 3.8) is 0 Å². The summed E-state index contributed by atoms with van der Waals surface area (Å²) in [7, 11) is 0. The quantitative estimate of drug-likeness (QED) is 0.422. The van der Waals surface area contributed by atoms with Gasteiger partial charge in [0.05, 0.1) is 21.6 Å². The van der Waals surface area contributed by atoms with Crippen molar-refractivity contribution in [3.05, 3.63) is 62.9 Å². The van der Waals surface area contributed by atoms with Crippen molar-refractivity contribution in [2.45, 2.75) is 44.5 Å². The number of anilines is 2. The number of rotatable bonds is 7. The molecule has 10 heteroatoms. The number of benzene rings is 2. The molecule has 0 spiro atoms. The van der Waals surface area contributed by atoms with Gasteiger partial charge in [-0.2, -0.15) is 0 Å². The van der Waals surface area contributed by atoms with E-state index in [0.717, 1.165) is 22.9 Å². The Labute approximate surface area is 200 Å². The number of hydrogen-bond donors (Lipinski definition) is 3. The number of para-hydroxylation sites is 1. The summed E-state index contributed by atoms with van der Waals surface area (Å²) < 4.78 is 0. The van der Waals surface area contributed by atoms with Gasteiger partial charge in [-0.15, -0.1) is 10.2 Å². The lowest BCUT2D eigenvalue weighted by molar-refractivity contribution is -0.116. The smallest absolute Gasteiger partial charge is 0.278 e. The van der Waals surface area contributed by atoms with Crippen molar-refractivity contribution in [1.29, 1.82) is 0 Å². The minimum atomic E-state index is -0.520. The van der Waals surface area contributed by atoms with Gasteiger partial charge in [-0.1, -0.05) is 54.0 Å². The van der Waals surface area contributed by atoms with Gasteiger partial charge in [-0.05, 0) is 44.0 Å². The maximum absolute atomic E-state index is 12.9. The Bertz CT molecular complexity index is 1260. The Morgan fingerprint density at radius 3 is 2.52 bits per heavy atom. The zero-order valence-electron chi connectivity index (χ0n) is 18.7.